The molecule has 1 N–H and O–H groups in total. The Morgan fingerprint density at radius 2 is 1.29 bits per heavy atom. The summed E-state index contributed by atoms with van der Waals surface area (Å²) >= 11 is 0. The molecule has 0 radical (unpaired) electrons. The molecular weight excluding hydrogens is 346 g/mol. The molecule has 0 aliphatic heterocycles. The van der Waals surface area contributed by atoms with Crippen molar-refractivity contribution in [3.8, 4) is 28.1 Å². The molecule has 5 aromatic rings. The zero-order chi connectivity index (χ0) is 18.9. The van der Waals surface area contributed by atoms with E-state index in [0.717, 1.165) is 28.1 Å². The molecule has 0 unspecified atom stereocenters. The average Bonchev–Trinajstić information content (AvgIpc) is 3.11. The molecule has 0 saturated heterocycles. The third kappa shape index (κ3) is 2.72. The van der Waals surface area contributed by atoms with Crippen molar-refractivity contribution >= 4 is 11.0 Å². The summed E-state index contributed by atoms with van der Waals surface area (Å²) < 4.78 is 1.55. The Bertz CT molecular complexity index is 1300. The van der Waals surface area contributed by atoms with Crippen LogP contribution in [0, 0.1) is 0 Å². The molecule has 0 atom stereocenters. The molecule has 0 spiro atoms. The number of rotatable bonds is 3. The molecule has 0 bridgehead atoms. The number of H-pyrrole nitrogens is 1. The molecule has 3 aromatic carbocycles. The molecular formula is C24H17N3O. The van der Waals surface area contributed by atoms with Crippen LogP contribution in [0.25, 0.3) is 39.1 Å². The Morgan fingerprint density at radius 3 is 1.93 bits per heavy atom. The van der Waals surface area contributed by atoms with Crippen molar-refractivity contribution in [2.75, 3.05) is 0 Å². The standard InChI is InChI=1S/C24H17N3O/c28-24-22-20(17-10-4-1-5-11-17)16-21(18-12-6-2-7-13-18)25-23(22)26-27(24)19-14-8-3-9-15-19/h1-16H,(H,25,26). The Balaban J connectivity index is 1.84. The molecule has 0 saturated carbocycles. The van der Waals surface area contributed by atoms with Crippen LogP contribution < -0.4 is 5.56 Å². The van der Waals surface area contributed by atoms with Crippen LogP contribution in [-0.2, 0) is 0 Å². The van der Waals surface area contributed by atoms with Gasteiger partial charge < -0.3 is 0 Å². The lowest BCUT2D eigenvalue weighted by molar-refractivity contribution is 0.859. The lowest BCUT2D eigenvalue weighted by Crippen LogP contribution is -2.14. The smallest absolute Gasteiger partial charge is 0.274 e. The highest BCUT2D eigenvalue weighted by Gasteiger charge is 2.17. The summed E-state index contributed by atoms with van der Waals surface area (Å²) in [5.74, 6) is 0. The van der Waals surface area contributed by atoms with Crippen molar-refractivity contribution < 1.29 is 0 Å². The number of hydrogen-bond acceptors (Lipinski definition) is 2. The number of nitrogens with one attached hydrogen (secondary N) is 1. The van der Waals surface area contributed by atoms with Gasteiger partial charge in [-0.05, 0) is 23.8 Å². The molecule has 0 fully saturated rings. The minimum atomic E-state index is -0.104. The molecule has 5 rings (SSSR count). The third-order valence-corrected chi connectivity index (χ3v) is 4.82. The van der Waals surface area contributed by atoms with E-state index in [-0.39, 0.29) is 5.56 Å². The maximum atomic E-state index is 13.3. The molecule has 2 heterocycles. The Hall–Kier alpha value is -3.92. The van der Waals surface area contributed by atoms with Gasteiger partial charge >= 0.3 is 0 Å². The maximum absolute atomic E-state index is 13.3. The highest BCUT2D eigenvalue weighted by molar-refractivity contribution is 5.94. The zero-order valence-electron chi connectivity index (χ0n) is 15.0. The van der Waals surface area contributed by atoms with Crippen LogP contribution in [-0.4, -0.2) is 14.8 Å². The predicted molar refractivity (Wildman–Crippen MR) is 113 cm³/mol. The second-order valence-electron chi connectivity index (χ2n) is 6.60. The van der Waals surface area contributed by atoms with Gasteiger partial charge in [0.15, 0.2) is 5.65 Å². The number of pyridine rings is 1. The van der Waals surface area contributed by atoms with Crippen LogP contribution in [0.1, 0.15) is 0 Å². The molecule has 4 nitrogen and oxygen atoms in total. The normalized spacial score (nSPS) is 11.0. The Morgan fingerprint density at radius 1 is 0.714 bits per heavy atom. The second kappa shape index (κ2) is 6.67. The Labute approximate surface area is 161 Å². The van der Waals surface area contributed by atoms with Gasteiger partial charge in [-0.15, -0.1) is 0 Å². The summed E-state index contributed by atoms with van der Waals surface area (Å²) in [6, 6.07) is 31.5. The van der Waals surface area contributed by atoms with Crippen LogP contribution in [0.4, 0.5) is 0 Å². The number of aromatic amines is 1. The molecule has 134 valence electrons. The minimum Gasteiger partial charge on any atom is -0.274 e. The number of para-hydroxylation sites is 1. The number of benzene rings is 3. The molecule has 0 aliphatic rings. The first-order chi connectivity index (χ1) is 13.8. The first-order valence-electron chi connectivity index (χ1n) is 9.13. The van der Waals surface area contributed by atoms with Gasteiger partial charge in [0.05, 0.1) is 16.8 Å². The first kappa shape index (κ1) is 16.3. The second-order valence-corrected chi connectivity index (χ2v) is 6.60. The van der Waals surface area contributed by atoms with Crippen LogP contribution in [0.3, 0.4) is 0 Å². The number of nitrogens with zero attached hydrogens (tertiary/aromatic N) is 2. The zero-order valence-corrected chi connectivity index (χ0v) is 15.0. The predicted octanol–water partition coefficient (Wildman–Crippen LogP) is 5.05. The highest BCUT2D eigenvalue weighted by atomic mass is 16.1. The van der Waals surface area contributed by atoms with E-state index in [1.807, 2.05) is 97.1 Å². The van der Waals surface area contributed by atoms with E-state index in [4.69, 9.17) is 4.98 Å². The van der Waals surface area contributed by atoms with Crippen molar-refractivity contribution in [3.05, 3.63) is 107 Å². The number of hydrogen-bond donors (Lipinski definition) is 1. The monoisotopic (exact) mass is 363 g/mol. The van der Waals surface area contributed by atoms with Crippen molar-refractivity contribution in [1.29, 1.82) is 0 Å². The number of fused-ring (bicyclic) bond motifs is 1. The third-order valence-electron chi connectivity index (χ3n) is 4.82. The van der Waals surface area contributed by atoms with Gasteiger partial charge in [-0.1, -0.05) is 78.9 Å². The molecule has 4 heteroatoms. The SMILES string of the molecule is O=c1c2c(-c3ccccc3)cc(-c3ccccc3)nc2[nH]n1-c1ccccc1. The van der Waals surface area contributed by atoms with E-state index in [0.29, 0.717) is 11.0 Å². The van der Waals surface area contributed by atoms with E-state index >= 15 is 0 Å². The van der Waals surface area contributed by atoms with Gasteiger partial charge in [-0.3, -0.25) is 9.89 Å². The van der Waals surface area contributed by atoms with Gasteiger partial charge in [-0.2, -0.15) is 0 Å². The molecule has 28 heavy (non-hydrogen) atoms. The van der Waals surface area contributed by atoms with Gasteiger partial charge in [0.2, 0.25) is 0 Å². The highest BCUT2D eigenvalue weighted by Crippen LogP contribution is 2.30. The van der Waals surface area contributed by atoms with Gasteiger partial charge in [0, 0.05) is 11.1 Å². The van der Waals surface area contributed by atoms with Crippen molar-refractivity contribution in [1.82, 2.24) is 14.8 Å². The summed E-state index contributed by atoms with van der Waals surface area (Å²) in [4.78, 5) is 18.0. The number of aromatic nitrogens is 3. The summed E-state index contributed by atoms with van der Waals surface area (Å²) in [5.41, 5.74) is 4.96. The minimum absolute atomic E-state index is 0.104. The van der Waals surface area contributed by atoms with Crippen molar-refractivity contribution in [2.24, 2.45) is 0 Å². The first-order valence-corrected chi connectivity index (χ1v) is 9.13. The van der Waals surface area contributed by atoms with E-state index in [9.17, 15) is 4.79 Å². The van der Waals surface area contributed by atoms with Gasteiger partial charge in [-0.25, -0.2) is 9.67 Å². The van der Waals surface area contributed by atoms with E-state index in [1.165, 1.54) is 0 Å². The molecule has 0 amide bonds. The van der Waals surface area contributed by atoms with Crippen molar-refractivity contribution in [2.45, 2.75) is 0 Å². The fraction of sp³-hybridized carbons (Fsp3) is 0. The average molecular weight is 363 g/mol. The summed E-state index contributed by atoms with van der Waals surface area (Å²) in [6.45, 7) is 0. The lowest BCUT2D eigenvalue weighted by Gasteiger charge is -2.06. The van der Waals surface area contributed by atoms with Crippen molar-refractivity contribution in [3.63, 3.8) is 0 Å². The van der Waals surface area contributed by atoms with E-state index in [1.54, 1.807) is 4.68 Å². The van der Waals surface area contributed by atoms with Gasteiger partial charge in [0.1, 0.15) is 0 Å². The van der Waals surface area contributed by atoms with Crippen LogP contribution in [0.2, 0.25) is 0 Å². The summed E-state index contributed by atoms with van der Waals surface area (Å²) in [6.07, 6.45) is 0. The van der Waals surface area contributed by atoms with E-state index in [2.05, 4.69) is 5.10 Å². The Kier molecular flexibility index (Phi) is 3.87. The van der Waals surface area contributed by atoms with Crippen LogP contribution >= 0.6 is 0 Å². The molecule has 2 aromatic heterocycles. The van der Waals surface area contributed by atoms with Crippen LogP contribution in [0.5, 0.6) is 0 Å². The fourth-order valence-corrected chi connectivity index (χ4v) is 3.47. The summed E-state index contributed by atoms with van der Waals surface area (Å²) in [5, 5.41) is 3.79. The fourth-order valence-electron chi connectivity index (χ4n) is 3.47. The quantitative estimate of drug-likeness (QED) is 0.488. The maximum Gasteiger partial charge on any atom is 0.281 e. The summed E-state index contributed by atoms with van der Waals surface area (Å²) in [7, 11) is 0. The van der Waals surface area contributed by atoms with E-state index < -0.39 is 0 Å². The van der Waals surface area contributed by atoms with Gasteiger partial charge in [0.25, 0.3) is 5.56 Å². The van der Waals surface area contributed by atoms with Crippen LogP contribution in [0.15, 0.2) is 102 Å². The largest absolute Gasteiger partial charge is 0.281 e. The molecule has 0 aliphatic carbocycles. The topological polar surface area (TPSA) is 50.7 Å². The lowest BCUT2D eigenvalue weighted by atomic mass is 10.0.